The van der Waals surface area contributed by atoms with Gasteiger partial charge in [0.1, 0.15) is 18.0 Å². The summed E-state index contributed by atoms with van der Waals surface area (Å²) < 4.78 is 0. The highest BCUT2D eigenvalue weighted by molar-refractivity contribution is 5.59. The van der Waals surface area contributed by atoms with Crippen molar-refractivity contribution in [3.63, 3.8) is 0 Å². The molecule has 1 saturated heterocycles. The number of aromatic nitrogens is 2. The van der Waals surface area contributed by atoms with Crippen LogP contribution in [0.15, 0.2) is 6.33 Å². The van der Waals surface area contributed by atoms with Gasteiger partial charge >= 0.3 is 0 Å². The normalized spacial score (nSPS) is 24.6. The summed E-state index contributed by atoms with van der Waals surface area (Å²) in [7, 11) is 0. The Morgan fingerprint density at radius 1 is 1.35 bits per heavy atom. The Labute approximate surface area is 103 Å². The van der Waals surface area contributed by atoms with E-state index in [9.17, 15) is 0 Å². The van der Waals surface area contributed by atoms with E-state index in [4.69, 9.17) is 5.73 Å². The smallest absolute Gasteiger partial charge is 0.137 e. The summed E-state index contributed by atoms with van der Waals surface area (Å²) in [5.74, 6) is 2.73. The van der Waals surface area contributed by atoms with Crippen molar-refractivity contribution in [1.29, 1.82) is 0 Å². The van der Waals surface area contributed by atoms with E-state index in [0.717, 1.165) is 23.8 Å². The minimum atomic E-state index is 0.356. The Bertz CT molecular complexity index is 402. The van der Waals surface area contributed by atoms with Crippen LogP contribution in [0.1, 0.15) is 45.6 Å². The number of nitrogen functional groups attached to an aromatic ring is 1. The molecule has 4 heteroatoms. The van der Waals surface area contributed by atoms with Crippen LogP contribution in [0.3, 0.4) is 0 Å². The van der Waals surface area contributed by atoms with Gasteiger partial charge in [-0.1, -0.05) is 20.8 Å². The Balaban J connectivity index is 2.41. The Morgan fingerprint density at radius 2 is 2.06 bits per heavy atom. The number of anilines is 2. The predicted octanol–water partition coefficient (Wildman–Crippen LogP) is 2.42. The monoisotopic (exact) mass is 234 g/mol. The highest BCUT2D eigenvalue weighted by Gasteiger charge is 2.29. The van der Waals surface area contributed by atoms with Gasteiger partial charge in [0.2, 0.25) is 0 Å². The summed E-state index contributed by atoms with van der Waals surface area (Å²) in [6, 6.07) is 0.539. The number of nitrogens with two attached hydrogens (primary N) is 1. The van der Waals surface area contributed by atoms with Crippen molar-refractivity contribution in [3.8, 4) is 0 Å². The molecule has 2 N–H and O–H groups in total. The van der Waals surface area contributed by atoms with E-state index < -0.39 is 0 Å². The lowest BCUT2D eigenvalue weighted by Crippen LogP contribution is -2.29. The van der Waals surface area contributed by atoms with E-state index in [0.29, 0.717) is 17.8 Å². The van der Waals surface area contributed by atoms with Crippen LogP contribution in [0.4, 0.5) is 11.6 Å². The zero-order valence-electron chi connectivity index (χ0n) is 11.1. The Kier molecular flexibility index (Phi) is 3.22. The quantitative estimate of drug-likeness (QED) is 0.853. The molecule has 2 heterocycles. The molecule has 0 saturated carbocycles. The minimum Gasteiger partial charge on any atom is -0.383 e. The van der Waals surface area contributed by atoms with Gasteiger partial charge in [0.25, 0.3) is 0 Å². The highest BCUT2D eigenvalue weighted by atomic mass is 15.2. The second-order valence-corrected chi connectivity index (χ2v) is 5.49. The third-order valence-corrected chi connectivity index (χ3v) is 3.53. The molecule has 0 amide bonds. The van der Waals surface area contributed by atoms with Crippen molar-refractivity contribution in [3.05, 3.63) is 11.9 Å². The molecular formula is C13H22N4. The van der Waals surface area contributed by atoms with Gasteiger partial charge < -0.3 is 10.6 Å². The van der Waals surface area contributed by atoms with Crippen LogP contribution >= 0.6 is 0 Å². The van der Waals surface area contributed by atoms with Crippen molar-refractivity contribution in [1.82, 2.24) is 9.97 Å². The first-order chi connectivity index (χ1) is 8.00. The molecule has 1 aromatic heterocycles. The minimum absolute atomic E-state index is 0.356. The van der Waals surface area contributed by atoms with Gasteiger partial charge in [-0.05, 0) is 25.2 Å². The molecule has 2 atom stereocenters. The molecule has 0 aliphatic carbocycles. The summed E-state index contributed by atoms with van der Waals surface area (Å²) in [6.45, 7) is 9.89. The Hall–Kier alpha value is -1.32. The summed E-state index contributed by atoms with van der Waals surface area (Å²) >= 11 is 0. The summed E-state index contributed by atoms with van der Waals surface area (Å²) in [4.78, 5) is 11.0. The van der Waals surface area contributed by atoms with Crippen molar-refractivity contribution >= 4 is 11.6 Å². The van der Waals surface area contributed by atoms with E-state index in [1.165, 1.54) is 6.42 Å². The highest BCUT2D eigenvalue weighted by Crippen LogP contribution is 2.34. The molecule has 0 radical (unpaired) electrons. The summed E-state index contributed by atoms with van der Waals surface area (Å²) in [5.41, 5.74) is 7.08. The van der Waals surface area contributed by atoms with Crippen molar-refractivity contribution < 1.29 is 0 Å². The number of hydrogen-bond acceptors (Lipinski definition) is 4. The van der Waals surface area contributed by atoms with Gasteiger partial charge in [0, 0.05) is 18.2 Å². The average Bonchev–Trinajstić information content (AvgIpc) is 2.56. The van der Waals surface area contributed by atoms with Crippen molar-refractivity contribution in [2.45, 2.75) is 46.1 Å². The zero-order valence-corrected chi connectivity index (χ0v) is 11.1. The molecule has 0 bridgehead atoms. The summed E-state index contributed by atoms with van der Waals surface area (Å²) in [5, 5.41) is 0. The van der Waals surface area contributed by atoms with Crippen LogP contribution in [0, 0.1) is 5.92 Å². The van der Waals surface area contributed by atoms with E-state index >= 15 is 0 Å². The first kappa shape index (κ1) is 12.1. The molecule has 1 aliphatic heterocycles. The lowest BCUT2D eigenvalue weighted by atomic mass is 10.0. The molecule has 1 aromatic rings. The molecule has 0 aromatic carbocycles. The molecule has 1 aliphatic rings. The van der Waals surface area contributed by atoms with Crippen LogP contribution in [-0.2, 0) is 0 Å². The molecule has 94 valence electrons. The van der Waals surface area contributed by atoms with Gasteiger partial charge in [0.05, 0.1) is 0 Å². The maximum atomic E-state index is 5.99. The number of rotatable bonds is 2. The topological polar surface area (TPSA) is 55.0 Å². The van der Waals surface area contributed by atoms with E-state index in [1.54, 1.807) is 6.33 Å². The molecule has 2 unspecified atom stereocenters. The number of hydrogen-bond donors (Lipinski definition) is 1. The van der Waals surface area contributed by atoms with E-state index in [2.05, 4.69) is 42.6 Å². The van der Waals surface area contributed by atoms with Gasteiger partial charge in [0.15, 0.2) is 0 Å². The average molecular weight is 234 g/mol. The predicted molar refractivity (Wildman–Crippen MR) is 71.1 cm³/mol. The van der Waals surface area contributed by atoms with E-state index in [-0.39, 0.29) is 0 Å². The number of nitrogens with zero attached hydrogens (tertiary/aromatic N) is 3. The van der Waals surface area contributed by atoms with Crippen molar-refractivity contribution in [2.24, 2.45) is 5.92 Å². The van der Waals surface area contributed by atoms with Crippen LogP contribution < -0.4 is 10.6 Å². The molecular weight excluding hydrogens is 212 g/mol. The third-order valence-electron chi connectivity index (χ3n) is 3.53. The maximum Gasteiger partial charge on any atom is 0.137 e. The van der Waals surface area contributed by atoms with Gasteiger partial charge in [-0.3, -0.25) is 0 Å². The molecule has 1 fully saturated rings. The fraction of sp³-hybridized carbons (Fsp3) is 0.692. The Morgan fingerprint density at radius 3 is 2.59 bits per heavy atom. The standard InChI is InChI=1S/C13H22N4/c1-8(2)11-12(14)15-7-16-13(11)17-6-9(3)5-10(17)4/h7-10H,5-6H2,1-4H3,(H2,14,15,16). The lowest BCUT2D eigenvalue weighted by Gasteiger charge is -2.26. The van der Waals surface area contributed by atoms with Gasteiger partial charge in [-0.2, -0.15) is 0 Å². The molecule has 4 nitrogen and oxygen atoms in total. The molecule has 2 rings (SSSR count). The SMILES string of the molecule is CC1CC(C)N(c2ncnc(N)c2C(C)C)C1. The first-order valence-electron chi connectivity index (χ1n) is 6.37. The largest absolute Gasteiger partial charge is 0.383 e. The van der Waals surface area contributed by atoms with Gasteiger partial charge in [-0.25, -0.2) is 9.97 Å². The second kappa shape index (κ2) is 4.51. The van der Waals surface area contributed by atoms with Gasteiger partial charge in [-0.15, -0.1) is 0 Å². The van der Waals surface area contributed by atoms with Crippen LogP contribution in [0.25, 0.3) is 0 Å². The van der Waals surface area contributed by atoms with Crippen LogP contribution in [-0.4, -0.2) is 22.6 Å². The van der Waals surface area contributed by atoms with Crippen LogP contribution in [0.5, 0.6) is 0 Å². The first-order valence-corrected chi connectivity index (χ1v) is 6.37. The second-order valence-electron chi connectivity index (χ2n) is 5.49. The van der Waals surface area contributed by atoms with E-state index in [1.807, 2.05) is 0 Å². The third kappa shape index (κ3) is 2.21. The fourth-order valence-corrected chi connectivity index (χ4v) is 2.78. The van der Waals surface area contributed by atoms with Crippen LogP contribution in [0.2, 0.25) is 0 Å². The summed E-state index contributed by atoms with van der Waals surface area (Å²) in [6.07, 6.45) is 2.80. The zero-order chi connectivity index (χ0) is 12.6. The maximum absolute atomic E-state index is 5.99. The molecule has 0 spiro atoms. The fourth-order valence-electron chi connectivity index (χ4n) is 2.78. The lowest BCUT2D eigenvalue weighted by molar-refractivity contribution is 0.625. The van der Waals surface area contributed by atoms with Crippen molar-refractivity contribution in [2.75, 3.05) is 17.2 Å². The molecule has 17 heavy (non-hydrogen) atoms.